The van der Waals surface area contributed by atoms with Gasteiger partial charge in [0.1, 0.15) is 5.82 Å². The molecule has 0 bridgehead atoms. The van der Waals surface area contributed by atoms with Crippen LogP contribution in [0.5, 0.6) is 0 Å². The lowest BCUT2D eigenvalue weighted by molar-refractivity contribution is -0.133. The molecule has 0 aromatic carbocycles. The van der Waals surface area contributed by atoms with Gasteiger partial charge < -0.3 is 9.84 Å². The van der Waals surface area contributed by atoms with E-state index in [1.807, 2.05) is 0 Å². The van der Waals surface area contributed by atoms with Crippen molar-refractivity contribution in [2.45, 2.75) is 50.2 Å². The molecule has 1 fully saturated rings. The quantitative estimate of drug-likeness (QED) is 0.809. The first-order chi connectivity index (χ1) is 9.57. The van der Waals surface area contributed by atoms with Crippen LogP contribution in [0.3, 0.4) is 0 Å². The van der Waals surface area contributed by atoms with Crippen LogP contribution >= 0.6 is 11.8 Å². The van der Waals surface area contributed by atoms with Crippen molar-refractivity contribution in [2.24, 2.45) is 0 Å². The second-order valence-corrected chi connectivity index (χ2v) is 6.26. The summed E-state index contributed by atoms with van der Waals surface area (Å²) in [5, 5.41) is 18.0. The molecule has 1 unspecified atom stereocenters. The van der Waals surface area contributed by atoms with Gasteiger partial charge in [0, 0.05) is 13.0 Å². The highest BCUT2D eigenvalue weighted by Crippen LogP contribution is 2.32. The molecule has 0 aliphatic carbocycles. The van der Waals surface area contributed by atoms with Crippen LogP contribution in [0.15, 0.2) is 5.16 Å². The molecule has 1 N–H and O–H groups in total. The number of hydrogen-bond donors (Lipinski definition) is 1. The summed E-state index contributed by atoms with van der Waals surface area (Å²) in [5.41, 5.74) is -0.174. The van der Waals surface area contributed by atoms with Gasteiger partial charge in [-0.3, -0.25) is 9.36 Å². The Morgan fingerprint density at radius 3 is 2.95 bits per heavy atom. The molecule has 112 valence electrons. The molecular weight excluding hydrogens is 278 g/mol. The fraction of sp³-hybridized carbons (Fsp3) is 0.769. The molecule has 7 heteroatoms. The number of ether oxygens (including phenoxy) is 1. The SMILES string of the molecule is CCCc1nnc(SCC(=O)O)n1C1(C)CCCOC1. The molecular formula is C13H21N3O3S. The van der Waals surface area contributed by atoms with Crippen molar-refractivity contribution >= 4 is 17.7 Å². The number of carbonyl (C=O) groups is 1. The van der Waals surface area contributed by atoms with Gasteiger partial charge >= 0.3 is 5.97 Å². The van der Waals surface area contributed by atoms with E-state index in [0.29, 0.717) is 11.8 Å². The van der Waals surface area contributed by atoms with E-state index < -0.39 is 5.97 Å². The maximum atomic E-state index is 10.8. The summed E-state index contributed by atoms with van der Waals surface area (Å²) >= 11 is 1.23. The summed E-state index contributed by atoms with van der Waals surface area (Å²) in [6, 6.07) is 0. The van der Waals surface area contributed by atoms with Crippen LogP contribution in [0.25, 0.3) is 0 Å². The predicted molar refractivity (Wildman–Crippen MR) is 76.1 cm³/mol. The standard InChI is InChI=1S/C13H21N3O3S/c1-3-5-10-14-15-12(20-8-11(17)18)16(10)13(2)6-4-7-19-9-13/h3-9H2,1-2H3,(H,17,18). The maximum absolute atomic E-state index is 10.8. The molecule has 1 aromatic heterocycles. The van der Waals surface area contributed by atoms with E-state index in [1.165, 1.54) is 11.8 Å². The molecule has 1 aliphatic rings. The number of thioether (sulfide) groups is 1. The molecule has 0 spiro atoms. The van der Waals surface area contributed by atoms with Crippen molar-refractivity contribution in [3.8, 4) is 0 Å². The zero-order valence-electron chi connectivity index (χ0n) is 12.0. The lowest BCUT2D eigenvalue weighted by Crippen LogP contribution is -2.40. The Labute approximate surface area is 122 Å². The van der Waals surface area contributed by atoms with Crippen LogP contribution in [-0.2, 0) is 21.5 Å². The third-order valence-electron chi connectivity index (χ3n) is 3.46. The van der Waals surface area contributed by atoms with Gasteiger partial charge in [-0.15, -0.1) is 10.2 Å². The van der Waals surface area contributed by atoms with Crippen LogP contribution in [-0.4, -0.2) is 44.8 Å². The molecule has 0 radical (unpaired) electrons. The minimum Gasteiger partial charge on any atom is -0.481 e. The van der Waals surface area contributed by atoms with E-state index in [-0.39, 0.29) is 11.3 Å². The number of carboxylic acid groups (broad SMARTS) is 1. The van der Waals surface area contributed by atoms with Crippen molar-refractivity contribution in [1.82, 2.24) is 14.8 Å². The Hall–Kier alpha value is -1.08. The number of nitrogens with zero attached hydrogens (tertiary/aromatic N) is 3. The molecule has 0 saturated carbocycles. The first kappa shape index (κ1) is 15.3. The molecule has 1 aromatic rings. The number of aromatic nitrogens is 3. The van der Waals surface area contributed by atoms with Gasteiger partial charge in [0.2, 0.25) is 0 Å². The smallest absolute Gasteiger partial charge is 0.313 e. The van der Waals surface area contributed by atoms with Crippen LogP contribution in [0.2, 0.25) is 0 Å². The first-order valence-corrected chi connectivity index (χ1v) is 7.92. The Morgan fingerprint density at radius 2 is 2.35 bits per heavy atom. The van der Waals surface area contributed by atoms with E-state index in [2.05, 4.69) is 28.6 Å². The van der Waals surface area contributed by atoms with Gasteiger partial charge in [0.05, 0.1) is 17.9 Å². The zero-order valence-corrected chi connectivity index (χ0v) is 12.8. The minimum atomic E-state index is -0.841. The molecule has 1 saturated heterocycles. The molecule has 0 amide bonds. The summed E-state index contributed by atoms with van der Waals surface area (Å²) in [6.07, 6.45) is 3.83. The van der Waals surface area contributed by atoms with Crippen LogP contribution in [0.4, 0.5) is 0 Å². The van der Waals surface area contributed by atoms with E-state index in [1.54, 1.807) is 0 Å². The Balaban J connectivity index is 2.30. The monoisotopic (exact) mass is 299 g/mol. The fourth-order valence-corrected chi connectivity index (χ4v) is 3.35. The lowest BCUT2D eigenvalue weighted by atomic mass is 9.94. The van der Waals surface area contributed by atoms with Crippen molar-refractivity contribution in [2.75, 3.05) is 19.0 Å². The topological polar surface area (TPSA) is 77.2 Å². The van der Waals surface area contributed by atoms with E-state index in [0.717, 1.165) is 38.1 Å². The third-order valence-corrected chi connectivity index (χ3v) is 4.37. The largest absolute Gasteiger partial charge is 0.481 e. The predicted octanol–water partition coefficient (Wildman–Crippen LogP) is 1.93. The van der Waals surface area contributed by atoms with E-state index in [4.69, 9.17) is 9.84 Å². The minimum absolute atomic E-state index is 0.00119. The van der Waals surface area contributed by atoms with Gasteiger partial charge in [0.25, 0.3) is 0 Å². The summed E-state index contributed by atoms with van der Waals surface area (Å²) < 4.78 is 7.72. The highest BCUT2D eigenvalue weighted by Gasteiger charge is 2.34. The highest BCUT2D eigenvalue weighted by molar-refractivity contribution is 7.99. The van der Waals surface area contributed by atoms with E-state index >= 15 is 0 Å². The van der Waals surface area contributed by atoms with Gasteiger partial charge in [0.15, 0.2) is 5.16 Å². The van der Waals surface area contributed by atoms with Crippen LogP contribution < -0.4 is 0 Å². The summed E-state index contributed by atoms with van der Waals surface area (Å²) in [5.74, 6) is 0.0845. The molecule has 20 heavy (non-hydrogen) atoms. The van der Waals surface area contributed by atoms with Crippen molar-refractivity contribution < 1.29 is 14.6 Å². The van der Waals surface area contributed by atoms with Gasteiger partial charge in [-0.2, -0.15) is 0 Å². The van der Waals surface area contributed by atoms with Crippen molar-refractivity contribution in [1.29, 1.82) is 0 Å². The maximum Gasteiger partial charge on any atom is 0.313 e. The number of carboxylic acids is 1. The normalized spacial score (nSPS) is 22.9. The highest BCUT2D eigenvalue weighted by atomic mass is 32.2. The molecule has 2 rings (SSSR count). The summed E-state index contributed by atoms with van der Waals surface area (Å²) in [7, 11) is 0. The van der Waals surface area contributed by atoms with Gasteiger partial charge in [-0.25, -0.2) is 0 Å². The molecule has 1 atom stereocenters. The van der Waals surface area contributed by atoms with E-state index in [9.17, 15) is 4.79 Å². The first-order valence-electron chi connectivity index (χ1n) is 6.94. The van der Waals surface area contributed by atoms with Crippen LogP contribution in [0, 0.1) is 0 Å². The van der Waals surface area contributed by atoms with Gasteiger partial charge in [-0.1, -0.05) is 18.7 Å². The van der Waals surface area contributed by atoms with Crippen molar-refractivity contribution in [3.63, 3.8) is 0 Å². The number of aliphatic carboxylic acids is 1. The summed E-state index contributed by atoms with van der Waals surface area (Å²) in [4.78, 5) is 10.8. The zero-order chi connectivity index (χ0) is 14.6. The second-order valence-electron chi connectivity index (χ2n) is 5.32. The van der Waals surface area contributed by atoms with Crippen molar-refractivity contribution in [3.05, 3.63) is 5.82 Å². The molecule has 1 aliphatic heterocycles. The Bertz CT molecular complexity index is 469. The Morgan fingerprint density at radius 1 is 1.55 bits per heavy atom. The number of aryl methyl sites for hydroxylation is 1. The Kier molecular flexibility index (Phi) is 5.04. The fourth-order valence-electron chi connectivity index (χ4n) is 2.54. The van der Waals surface area contributed by atoms with Gasteiger partial charge in [-0.05, 0) is 26.2 Å². The average Bonchev–Trinajstić information content (AvgIpc) is 2.81. The molecule has 6 nitrogen and oxygen atoms in total. The number of rotatable bonds is 6. The number of hydrogen-bond acceptors (Lipinski definition) is 5. The molecule has 2 heterocycles. The second kappa shape index (κ2) is 6.58. The third kappa shape index (κ3) is 3.32. The average molecular weight is 299 g/mol. The van der Waals surface area contributed by atoms with Crippen LogP contribution in [0.1, 0.15) is 38.9 Å². The lowest BCUT2D eigenvalue weighted by Gasteiger charge is -2.36. The summed E-state index contributed by atoms with van der Waals surface area (Å²) in [6.45, 7) is 5.66.